The van der Waals surface area contributed by atoms with E-state index in [1.807, 2.05) is 35.2 Å². The second kappa shape index (κ2) is 7.04. The highest BCUT2D eigenvalue weighted by molar-refractivity contribution is 6.20. The van der Waals surface area contributed by atoms with Crippen LogP contribution in [0.3, 0.4) is 0 Å². The predicted molar refractivity (Wildman–Crippen MR) is 115 cm³/mol. The molecule has 3 aliphatic heterocycles. The Kier molecular flexibility index (Phi) is 4.40. The standard InChI is InChI=1S/C22H21N5O5/c1-24-20(29)22(19(28)23-21(24)30)12-14-11-16(27(31)32)7-8-17(14)26-10-9-25(13-18(22)26)15-5-3-2-4-6-15/h2-8,11,18H,9-10,12-13H2,1H3,(H,23,28,30)/t18-,22+/m1/s1. The van der Waals surface area contributed by atoms with Crippen molar-refractivity contribution in [2.75, 3.05) is 36.5 Å². The number of imide groups is 2. The molecule has 2 aromatic rings. The summed E-state index contributed by atoms with van der Waals surface area (Å²) >= 11 is 0. The van der Waals surface area contributed by atoms with Crippen molar-refractivity contribution in [1.29, 1.82) is 0 Å². The molecule has 3 heterocycles. The lowest BCUT2D eigenvalue weighted by Crippen LogP contribution is -2.74. The van der Waals surface area contributed by atoms with E-state index < -0.39 is 34.2 Å². The average molecular weight is 435 g/mol. The third-order valence-electron chi connectivity index (χ3n) is 6.74. The molecule has 164 valence electrons. The van der Waals surface area contributed by atoms with Crippen LogP contribution in [0.2, 0.25) is 0 Å². The Balaban J connectivity index is 1.65. The molecule has 32 heavy (non-hydrogen) atoms. The molecule has 2 aromatic carbocycles. The number of nitrogens with one attached hydrogen (secondary N) is 1. The third kappa shape index (κ3) is 2.75. The second-order valence-electron chi connectivity index (χ2n) is 8.33. The molecule has 3 aliphatic rings. The van der Waals surface area contributed by atoms with Crippen molar-refractivity contribution < 1.29 is 19.3 Å². The minimum atomic E-state index is -1.57. The van der Waals surface area contributed by atoms with E-state index in [9.17, 15) is 24.5 Å². The van der Waals surface area contributed by atoms with E-state index in [1.54, 1.807) is 6.07 Å². The van der Waals surface area contributed by atoms with E-state index in [2.05, 4.69) is 10.2 Å². The van der Waals surface area contributed by atoms with Crippen LogP contribution in [0.25, 0.3) is 0 Å². The lowest BCUT2D eigenvalue weighted by Gasteiger charge is -2.55. The molecule has 2 fully saturated rings. The summed E-state index contributed by atoms with van der Waals surface area (Å²) in [6.07, 6.45) is -0.0178. The number of nitro groups is 1. The molecule has 0 saturated carbocycles. The summed E-state index contributed by atoms with van der Waals surface area (Å²) in [4.78, 5) is 54.9. The number of piperazine rings is 1. The van der Waals surface area contributed by atoms with Gasteiger partial charge in [0.25, 0.3) is 5.69 Å². The normalized spacial score (nSPS) is 24.8. The Bertz CT molecular complexity index is 1150. The number of fused-ring (bicyclic) bond motifs is 4. The van der Waals surface area contributed by atoms with Crippen LogP contribution in [0.15, 0.2) is 48.5 Å². The van der Waals surface area contributed by atoms with Crippen molar-refractivity contribution in [2.45, 2.75) is 12.5 Å². The first-order chi connectivity index (χ1) is 15.3. The summed E-state index contributed by atoms with van der Waals surface area (Å²) in [6.45, 7) is 1.56. The zero-order valence-corrected chi connectivity index (χ0v) is 17.4. The van der Waals surface area contributed by atoms with Crippen molar-refractivity contribution in [3.63, 3.8) is 0 Å². The molecule has 2 atom stereocenters. The predicted octanol–water partition coefficient (Wildman–Crippen LogP) is 1.54. The molecule has 0 radical (unpaired) electrons. The number of barbiturate groups is 1. The highest BCUT2D eigenvalue weighted by atomic mass is 16.6. The van der Waals surface area contributed by atoms with Crippen LogP contribution >= 0.6 is 0 Å². The molecule has 10 nitrogen and oxygen atoms in total. The molecular formula is C22H21N5O5. The number of carbonyl (C=O) groups is 3. The van der Waals surface area contributed by atoms with Gasteiger partial charge >= 0.3 is 6.03 Å². The molecule has 1 N–H and O–H groups in total. The number of carbonyl (C=O) groups excluding carboxylic acids is 3. The Morgan fingerprint density at radius 1 is 1.09 bits per heavy atom. The smallest absolute Gasteiger partial charge is 0.330 e. The summed E-state index contributed by atoms with van der Waals surface area (Å²) in [5, 5.41) is 13.7. The molecule has 5 rings (SSSR count). The van der Waals surface area contributed by atoms with Crippen molar-refractivity contribution in [3.05, 3.63) is 64.2 Å². The monoisotopic (exact) mass is 435 g/mol. The van der Waals surface area contributed by atoms with Gasteiger partial charge in [-0.3, -0.25) is 29.9 Å². The molecule has 0 aliphatic carbocycles. The molecule has 2 saturated heterocycles. The van der Waals surface area contributed by atoms with E-state index in [-0.39, 0.29) is 12.1 Å². The number of anilines is 2. The van der Waals surface area contributed by atoms with E-state index in [0.717, 1.165) is 16.3 Å². The highest BCUT2D eigenvalue weighted by Crippen LogP contribution is 2.46. The fourth-order valence-electron chi connectivity index (χ4n) is 5.12. The minimum Gasteiger partial charge on any atom is -0.368 e. The Morgan fingerprint density at radius 2 is 1.84 bits per heavy atom. The van der Waals surface area contributed by atoms with Gasteiger partial charge in [0.1, 0.15) is 0 Å². The summed E-state index contributed by atoms with van der Waals surface area (Å²) in [5.41, 5.74) is 0.630. The second-order valence-corrected chi connectivity index (χ2v) is 8.33. The highest BCUT2D eigenvalue weighted by Gasteiger charge is 2.62. The molecule has 0 aromatic heterocycles. The number of amides is 4. The summed E-state index contributed by atoms with van der Waals surface area (Å²) < 4.78 is 0. The Labute approximate surface area is 183 Å². The molecule has 4 amide bonds. The number of non-ortho nitro benzene ring substituents is 1. The van der Waals surface area contributed by atoms with Crippen molar-refractivity contribution in [3.8, 4) is 0 Å². The average Bonchev–Trinajstić information content (AvgIpc) is 2.81. The van der Waals surface area contributed by atoms with Gasteiger partial charge in [-0.2, -0.15) is 0 Å². The molecule has 10 heteroatoms. The number of hydrogen-bond donors (Lipinski definition) is 1. The van der Waals surface area contributed by atoms with Gasteiger partial charge in [0.05, 0.1) is 11.0 Å². The van der Waals surface area contributed by atoms with E-state index in [4.69, 9.17) is 0 Å². The zero-order valence-electron chi connectivity index (χ0n) is 17.4. The van der Waals surface area contributed by atoms with Crippen molar-refractivity contribution >= 4 is 34.9 Å². The summed E-state index contributed by atoms with van der Waals surface area (Å²) in [6, 6.07) is 13.0. The number of rotatable bonds is 2. The number of nitrogens with zero attached hydrogens (tertiary/aromatic N) is 4. The third-order valence-corrected chi connectivity index (χ3v) is 6.74. The topological polar surface area (TPSA) is 116 Å². The first-order valence-corrected chi connectivity index (χ1v) is 10.3. The largest absolute Gasteiger partial charge is 0.368 e. The van der Waals surface area contributed by atoms with Crippen LogP contribution in [0.5, 0.6) is 0 Å². The van der Waals surface area contributed by atoms with Crippen LogP contribution in [0, 0.1) is 15.5 Å². The maximum absolute atomic E-state index is 13.5. The number of hydrogen-bond acceptors (Lipinski definition) is 7. The van der Waals surface area contributed by atoms with Gasteiger partial charge in [-0.25, -0.2) is 4.79 Å². The summed E-state index contributed by atoms with van der Waals surface area (Å²) in [7, 11) is 1.34. The number of urea groups is 1. The SMILES string of the molecule is CN1C(=O)NC(=O)[C@@]2(Cc3cc([N+](=O)[O-])ccc3N3CCN(c4ccccc4)C[C@@H]32)C1=O. The van der Waals surface area contributed by atoms with Crippen LogP contribution < -0.4 is 15.1 Å². The summed E-state index contributed by atoms with van der Waals surface area (Å²) in [5.74, 6) is -1.25. The number of nitro benzene ring substituents is 1. The van der Waals surface area contributed by atoms with Crippen LogP contribution in [0.1, 0.15) is 5.56 Å². The minimum absolute atomic E-state index is 0.0178. The quantitative estimate of drug-likeness (QED) is 0.432. The van der Waals surface area contributed by atoms with Gasteiger partial charge in [-0.05, 0) is 23.8 Å². The van der Waals surface area contributed by atoms with Gasteiger partial charge in [-0.1, -0.05) is 18.2 Å². The van der Waals surface area contributed by atoms with Gasteiger partial charge in [0.15, 0.2) is 5.41 Å². The molecular weight excluding hydrogens is 414 g/mol. The molecule has 0 unspecified atom stereocenters. The van der Waals surface area contributed by atoms with Crippen LogP contribution in [-0.2, 0) is 16.0 Å². The number of para-hydroxylation sites is 1. The van der Waals surface area contributed by atoms with E-state index >= 15 is 0 Å². The maximum atomic E-state index is 13.5. The maximum Gasteiger partial charge on any atom is 0.330 e. The fraction of sp³-hybridized carbons (Fsp3) is 0.318. The van der Waals surface area contributed by atoms with E-state index in [1.165, 1.54) is 19.2 Å². The lowest BCUT2D eigenvalue weighted by atomic mass is 9.67. The van der Waals surface area contributed by atoms with Crippen LogP contribution in [-0.4, -0.2) is 60.4 Å². The Morgan fingerprint density at radius 3 is 2.56 bits per heavy atom. The fourth-order valence-corrected chi connectivity index (χ4v) is 5.12. The first kappa shape index (κ1) is 20.0. The zero-order chi connectivity index (χ0) is 22.6. The first-order valence-electron chi connectivity index (χ1n) is 10.3. The van der Waals surface area contributed by atoms with Gasteiger partial charge in [0.2, 0.25) is 11.8 Å². The van der Waals surface area contributed by atoms with E-state index in [0.29, 0.717) is 25.2 Å². The van der Waals surface area contributed by atoms with Gasteiger partial charge in [0, 0.05) is 56.6 Å². The van der Waals surface area contributed by atoms with Crippen molar-refractivity contribution in [1.82, 2.24) is 10.2 Å². The van der Waals surface area contributed by atoms with Gasteiger partial charge in [-0.15, -0.1) is 0 Å². The van der Waals surface area contributed by atoms with Gasteiger partial charge < -0.3 is 9.80 Å². The Hall–Kier alpha value is -3.95. The number of benzene rings is 2. The lowest BCUT2D eigenvalue weighted by molar-refractivity contribution is -0.384. The van der Waals surface area contributed by atoms with Crippen molar-refractivity contribution in [2.24, 2.45) is 5.41 Å². The molecule has 0 bridgehead atoms. The molecule has 1 spiro atoms. The van der Waals surface area contributed by atoms with Crippen LogP contribution in [0.4, 0.5) is 21.9 Å².